The fourth-order valence-electron chi connectivity index (χ4n) is 1.23. The number of hydrogen-bond acceptors (Lipinski definition) is 3. The molecule has 0 aliphatic rings. The van der Waals surface area contributed by atoms with Crippen molar-refractivity contribution in [1.82, 2.24) is 9.55 Å². The van der Waals surface area contributed by atoms with Crippen molar-refractivity contribution in [2.45, 2.75) is 16.8 Å². The molecule has 1 heterocycles. The maximum atomic E-state index is 5.66. The number of nitrogens with zero attached hydrogens (tertiary/aromatic N) is 2. The third-order valence-corrected chi connectivity index (χ3v) is 3.05. The van der Waals surface area contributed by atoms with Gasteiger partial charge in [-0.15, -0.1) is 0 Å². The average molecular weight is 219 g/mol. The highest BCUT2D eigenvalue weighted by molar-refractivity contribution is 7.99. The lowest BCUT2D eigenvalue weighted by molar-refractivity contribution is 0.928. The first-order chi connectivity index (χ1) is 7.15. The van der Waals surface area contributed by atoms with E-state index in [4.69, 9.17) is 5.73 Å². The molecule has 3 nitrogen and oxygen atoms in total. The SMILES string of the molecule is Cc1ccc(Sc2cn(C)c(N)n2)cc1. The molecule has 0 aliphatic heterocycles. The Balaban J connectivity index is 2.18. The molecule has 0 atom stereocenters. The van der Waals surface area contributed by atoms with Gasteiger partial charge in [-0.3, -0.25) is 0 Å². The molecule has 0 radical (unpaired) electrons. The molecule has 1 aromatic carbocycles. The highest BCUT2D eigenvalue weighted by Crippen LogP contribution is 2.27. The van der Waals surface area contributed by atoms with Gasteiger partial charge in [-0.25, -0.2) is 4.98 Å². The Morgan fingerprint density at radius 3 is 2.47 bits per heavy atom. The Labute approximate surface area is 93.3 Å². The number of aryl methyl sites for hydroxylation is 2. The van der Waals surface area contributed by atoms with Crippen molar-refractivity contribution >= 4 is 17.7 Å². The number of nitrogens with two attached hydrogens (primary N) is 1. The number of nitrogen functional groups attached to an aromatic ring is 1. The number of aromatic nitrogens is 2. The summed E-state index contributed by atoms with van der Waals surface area (Å²) in [4.78, 5) is 5.41. The smallest absolute Gasteiger partial charge is 0.200 e. The van der Waals surface area contributed by atoms with Crippen LogP contribution >= 0.6 is 11.8 Å². The van der Waals surface area contributed by atoms with Gasteiger partial charge >= 0.3 is 0 Å². The van der Waals surface area contributed by atoms with Crippen LogP contribution in [0.15, 0.2) is 40.4 Å². The van der Waals surface area contributed by atoms with Crippen LogP contribution in [0.3, 0.4) is 0 Å². The van der Waals surface area contributed by atoms with Crippen LogP contribution in [-0.4, -0.2) is 9.55 Å². The number of rotatable bonds is 2. The zero-order valence-electron chi connectivity index (χ0n) is 8.77. The summed E-state index contributed by atoms with van der Waals surface area (Å²) < 4.78 is 1.82. The Morgan fingerprint density at radius 2 is 1.93 bits per heavy atom. The molecule has 0 saturated heterocycles. The van der Waals surface area contributed by atoms with Crippen LogP contribution < -0.4 is 5.73 Å². The minimum absolute atomic E-state index is 0.546. The molecule has 78 valence electrons. The minimum Gasteiger partial charge on any atom is -0.369 e. The summed E-state index contributed by atoms with van der Waals surface area (Å²) in [6, 6.07) is 8.36. The first-order valence-electron chi connectivity index (χ1n) is 4.68. The van der Waals surface area contributed by atoms with Gasteiger partial charge in [-0.2, -0.15) is 0 Å². The summed E-state index contributed by atoms with van der Waals surface area (Å²) in [5.74, 6) is 0.546. The van der Waals surface area contributed by atoms with E-state index in [9.17, 15) is 0 Å². The van der Waals surface area contributed by atoms with Crippen LogP contribution in [0.4, 0.5) is 5.95 Å². The lowest BCUT2D eigenvalue weighted by Crippen LogP contribution is -1.94. The van der Waals surface area contributed by atoms with E-state index in [1.807, 2.05) is 17.8 Å². The average Bonchev–Trinajstić information content (AvgIpc) is 2.50. The van der Waals surface area contributed by atoms with Gasteiger partial charge in [0, 0.05) is 18.1 Å². The fraction of sp³-hybridized carbons (Fsp3) is 0.182. The van der Waals surface area contributed by atoms with E-state index in [0.717, 1.165) is 5.03 Å². The second-order valence-electron chi connectivity index (χ2n) is 3.46. The number of imidazole rings is 1. The Bertz CT molecular complexity index is 440. The van der Waals surface area contributed by atoms with E-state index in [1.54, 1.807) is 11.8 Å². The molecule has 0 bridgehead atoms. The second kappa shape index (κ2) is 3.98. The molecular weight excluding hydrogens is 206 g/mol. The van der Waals surface area contributed by atoms with Crippen LogP contribution in [0, 0.1) is 6.92 Å². The monoisotopic (exact) mass is 219 g/mol. The van der Waals surface area contributed by atoms with Crippen molar-refractivity contribution < 1.29 is 0 Å². The van der Waals surface area contributed by atoms with Crippen molar-refractivity contribution in [1.29, 1.82) is 0 Å². The van der Waals surface area contributed by atoms with Crippen LogP contribution in [0.5, 0.6) is 0 Å². The lowest BCUT2D eigenvalue weighted by Gasteiger charge is -1.97. The van der Waals surface area contributed by atoms with Crippen LogP contribution in [0.25, 0.3) is 0 Å². The van der Waals surface area contributed by atoms with Crippen molar-refractivity contribution in [3.8, 4) is 0 Å². The van der Waals surface area contributed by atoms with E-state index in [1.165, 1.54) is 10.5 Å². The number of hydrogen-bond donors (Lipinski definition) is 1. The summed E-state index contributed by atoms with van der Waals surface area (Å²) in [6.07, 6.45) is 1.93. The van der Waals surface area contributed by atoms with Crippen molar-refractivity contribution in [2.75, 3.05) is 5.73 Å². The predicted molar refractivity (Wildman–Crippen MR) is 62.9 cm³/mol. The molecule has 0 amide bonds. The molecule has 0 spiro atoms. The standard InChI is InChI=1S/C11H13N3S/c1-8-3-5-9(6-4-8)15-10-7-14(2)11(12)13-10/h3-7H,1-2H3,(H2,12,13). The van der Waals surface area contributed by atoms with Gasteiger partial charge in [0.25, 0.3) is 0 Å². The minimum atomic E-state index is 0.546. The molecule has 1 aromatic heterocycles. The Morgan fingerprint density at radius 1 is 1.27 bits per heavy atom. The summed E-state index contributed by atoms with van der Waals surface area (Å²) >= 11 is 1.62. The van der Waals surface area contributed by atoms with Gasteiger partial charge in [-0.05, 0) is 19.1 Å². The maximum Gasteiger partial charge on any atom is 0.200 e. The first kappa shape index (κ1) is 10.1. The van der Waals surface area contributed by atoms with Gasteiger partial charge in [0.2, 0.25) is 5.95 Å². The van der Waals surface area contributed by atoms with E-state index in [0.29, 0.717) is 5.95 Å². The third kappa shape index (κ3) is 2.33. The zero-order valence-corrected chi connectivity index (χ0v) is 9.58. The van der Waals surface area contributed by atoms with Crippen molar-refractivity contribution in [2.24, 2.45) is 7.05 Å². The van der Waals surface area contributed by atoms with E-state index >= 15 is 0 Å². The molecule has 4 heteroatoms. The number of benzene rings is 1. The zero-order chi connectivity index (χ0) is 10.8. The van der Waals surface area contributed by atoms with Gasteiger partial charge in [-0.1, -0.05) is 29.5 Å². The molecule has 0 unspecified atom stereocenters. The Hall–Kier alpha value is -1.42. The van der Waals surface area contributed by atoms with Crippen LogP contribution in [0.2, 0.25) is 0 Å². The topological polar surface area (TPSA) is 43.8 Å². The highest BCUT2D eigenvalue weighted by Gasteiger charge is 2.03. The van der Waals surface area contributed by atoms with Crippen LogP contribution in [0.1, 0.15) is 5.56 Å². The summed E-state index contributed by atoms with van der Waals surface area (Å²) in [5.41, 5.74) is 6.92. The molecule has 0 saturated carbocycles. The van der Waals surface area contributed by atoms with E-state index < -0.39 is 0 Å². The molecule has 2 N–H and O–H groups in total. The molecule has 0 aliphatic carbocycles. The Kier molecular flexibility index (Phi) is 2.68. The molecule has 2 aromatic rings. The van der Waals surface area contributed by atoms with Gasteiger partial charge in [0.05, 0.1) is 0 Å². The first-order valence-corrected chi connectivity index (χ1v) is 5.50. The maximum absolute atomic E-state index is 5.66. The quantitative estimate of drug-likeness (QED) is 0.843. The summed E-state index contributed by atoms with van der Waals surface area (Å²) in [5, 5.41) is 0.929. The molecule has 0 fully saturated rings. The van der Waals surface area contributed by atoms with Gasteiger partial charge < -0.3 is 10.3 Å². The van der Waals surface area contributed by atoms with E-state index in [-0.39, 0.29) is 0 Å². The molecule has 2 rings (SSSR count). The predicted octanol–water partition coefficient (Wildman–Crippen LogP) is 2.46. The number of anilines is 1. The largest absolute Gasteiger partial charge is 0.369 e. The van der Waals surface area contributed by atoms with Gasteiger partial charge in [0.15, 0.2) is 0 Å². The molecule has 15 heavy (non-hydrogen) atoms. The molecular formula is C11H13N3S. The van der Waals surface area contributed by atoms with Gasteiger partial charge in [0.1, 0.15) is 5.03 Å². The fourth-order valence-corrected chi connectivity index (χ4v) is 2.09. The summed E-state index contributed by atoms with van der Waals surface area (Å²) in [7, 11) is 1.89. The lowest BCUT2D eigenvalue weighted by atomic mass is 10.2. The normalized spacial score (nSPS) is 10.5. The highest BCUT2D eigenvalue weighted by atomic mass is 32.2. The van der Waals surface area contributed by atoms with Crippen LogP contribution in [-0.2, 0) is 7.05 Å². The van der Waals surface area contributed by atoms with E-state index in [2.05, 4.69) is 36.2 Å². The second-order valence-corrected chi connectivity index (χ2v) is 4.56. The van der Waals surface area contributed by atoms with Crippen molar-refractivity contribution in [3.05, 3.63) is 36.0 Å². The summed E-state index contributed by atoms with van der Waals surface area (Å²) in [6.45, 7) is 2.08. The third-order valence-electron chi connectivity index (χ3n) is 2.13. The van der Waals surface area contributed by atoms with Crippen molar-refractivity contribution in [3.63, 3.8) is 0 Å².